The second-order valence-corrected chi connectivity index (χ2v) is 6.46. The van der Waals surface area contributed by atoms with Crippen LogP contribution in [0.4, 0.5) is 0 Å². The summed E-state index contributed by atoms with van der Waals surface area (Å²) in [7, 11) is 2.90. The Labute approximate surface area is 166 Å². The first-order valence-electron chi connectivity index (χ1n) is 9.08. The molecule has 10 nitrogen and oxygen atoms in total. The molecule has 0 aliphatic rings. The van der Waals surface area contributed by atoms with Crippen LogP contribution in [0, 0.1) is 0 Å². The largest absolute Gasteiger partial charge is 0.494 e. The quantitative estimate of drug-likeness (QED) is 0.457. The fourth-order valence-corrected chi connectivity index (χ4v) is 2.76. The van der Waals surface area contributed by atoms with Crippen LogP contribution in [0.15, 0.2) is 45.3 Å². The summed E-state index contributed by atoms with van der Waals surface area (Å²) in [4.78, 5) is 40.6. The lowest BCUT2D eigenvalue weighted by Gasteiger charge is -2.06. The van der Waals surface area contributed by atoms with Crippen LogP contribution in [0.5, 0.6) is 5.75 Å². The van der Waals surface area contributed by atoms with E-state index in [0.29, 0.717) is 6.61 Å². The molecule has 1 aromatic carbocycles. The molecule has 3 rings (SSSR count). The minimum atomic E-state index is -0.512. The molecule has 29 heavy (non-hydrogen) atoms. The van der Waals surface area contributed by atoms with Crippen molar-refractivity contribution < 1.29 is 9.53 Å². The highest BCUT2D eigenvalue weighted by molar-refractivity contribution is 5.83. The van der Waals surface area contributed by atoms with Crippen LogP contribution < -0.4 is 21.4 Å². The first kappa shape index (κ1) is 20.1. The molecule has 2 heterocycles. The smallest absolute Gasteiger partial charge is 0.332 e. The normalized spacial score (nSPS) is 11.3. The molecule has 152 valence electrons. The maximum Gasteiger partial charge on any atom is 0.332 e. The molecular formula is C19H22N6O4. The van der Waals surface area contributed by atoms with Crippen molar-refractivity contribution in [1.82, 2.24) is 24.1 Å². The lowest BCUT2D eigenvalue weighted by molar-refractivity contribution is -0.121. The monoisotopic (exact) mass is 398 g/mol. The highest BCUT2D eigenvalue weighted by Gasteiger charge is 2.15. The summed E-state index contributed by atoms with van der Waals surface area (Å²) >= 11 is 0. The number of ether oxygens (including phenoxy) is 1. The van der Waals surface area contributed by atoms with Crippen LogP contribution in [-0.2, 0) is 25.4 Å². The van der Waals surface area contributed by atoms with E-state index in [2.05, 4.69) is 15.5 Å². The summed E-state index contributed by atoms with van der Waals surface area (Å²) in [5, 5.41) is 3.93. The summed E-state index contributed by atoms with van der Waals surface area (Å²) < 4.78 is 9.14. The Hall–Kier alpha value is -3.69. The van der Waals surface area contributed by atoms with Gasteiger partial charge in [0.15, 0.2) is 11.2 Å². The number of carbonyl (C=O) groups is 1. The van der Waals surface area contributed by atoms with E-state index in [-0.39, 0.29) is 17.7 Å². The molecule has 0 unspecified atom stereocenters. The number of hydrazone groups is 1. The molecule has 0 saturated carbocycles. The zero-order valence-corrected chi connectivity index (χ0v) is 16.5. The zero-order chi connectivity index (χ0) is 21.0. The zero-order valence-electron chi connectivity index (χ0n) is 16.5. The van der Waals surface area contributed by atoms with Gasteiger partial charge in [0.25, 0.3) is 11.5 Å². The van der Waals surface area contributed by atoms with E-state index in [0.717, 1.165) is 22.3 Å². The molecule has 2 aromatic heterocycles. The number of rotatable bonds is 7. The summed E-state index contributed by atoms with van der Waals surface area (Å²) in [5.41, 5.74) is 2.62. The number of hydrogen-bond acceptors (Lipinski definition) is 6. The highest BCUT2D eigenvalue weighted by atomic mass is 16.5. The minimum absolute atomic E-state index is 0.162. The molecule has 1 N–H and O–H groups in total. The maximum atomic E-state index is 12.4. The van der Waals surface area contributed by atoms with Crippen molar-refractivity contribution >= 4 is 23.3 Å². The second-order valence-electron chi connectivity index (χ2n) is 6.46. The van der Waals surface area contributed by atoms with Gasteiger partial charge in [-0.25, -0.2) is 15.2 Å². The molecule has 0 bridgehead atoms. The van der Waals surface area contributed by atoms with E-state index in [1.807, 2.05) is 31.2 Å². The molecule has 1 amide bonds. The molecule has 3 aromatic rings. The number of amides is 1. The Morgan fingerprint density at radius 1 is 1.21 bits per heavy atom. The Balaban J connectivity index is 1.68. The average molecular weight is 398 g/mol. The summed E-state index contributed by atoms with van der Waals surface area (Å²) in [6.45, 7) is 2.53. The number of nitrogens with one attached hydrogen (secondary N) is 1. The highest BCUT2D eigenvalue weighted by Crippen LogP contribution is 2.11. The van der Waals surface area contributed by atoms with Gasteiger partial charge in [0.2, 0.25) is 0 Å². The third kappa shape index (κ3) is 4.26. The van der Waals surface area contributed by atoms with Crippen molar-refractivity contribution in [2.45, 2.75) is 19.9 Å². The van der Waals surface area contributed by atoms with Gasteiger partial charge in [-0.2, -0.15) is 5.10 Å². The van der Waals surface area contributed by atoms with E-state index >= 15 is 0 Å². The van der Waals surface area contributed by atoms with Crippen LogP contribution in [0.3, 0.4) is 0 Å². The van der Waals surface area contributed by atoms with E-state index < -0.39 is 17.2 Å². The Morgan fingerprint density at radius 3 is 2.62 bits per heavy atom. The van der Waals surface area contributed by atoms with Gasteiger partial charge < -0.3 is 9.30 Å². The van der Waals surface area contributed by atoms with Crippen molar-refractivity contribution in [3.63, 3.8) is 0 Å². The van der Waals surface area contributed by atoms with Crippen LogP contribution in [-0.4, -0.2) is 37.4 Å². The number of benzene rings is 1. The van der Waals surface area contributed by atoms with Crippen molar-refractivity contribution in [3.05, 3.63) is 57.0 Å². The third-order valence-electron chi connectivity index (χ3n) is 4.29. The van der Waals surface area contributed by atoms with E-state index in [1.165, 1.54) is 35.8 Å². The first-order valence-corrected chi connectivity index (χ1v) is 9.08. The SMILES string of the molecule is CCCOc1ccc(C=NNC(=O)Cn2cnc3c2c(=O)n(C)c(=O)n3C)cc1. The number of hydrogen-bond donors (Lipinski definition) is 1. The number of nitrogens with zero attached hydrogens (tertiary/aromatic N) is 5. The molecule has 0 radical (unpaired) electrons. The van der Waals surface area contributed by atoms with Gasteiger partial charge in [-0.3, -0.25) is 18.7 Å². The fourth-order valence-electron chi connectivity index (χ4n) is 2.76. The Morgan fingerprint density at radius 2 is 1.93 bits per heavy atom. The topological polar surface area (TPSA) is 113 Å². The fraction of sp³-hybridized carbons (Fsp3) is 0.316. The van der Waals surface area contributed by atoms with Crippen molar-refractivity contribution in [3.8, 4) is 5.75 Å². The van der Waals surface area contributed by atoms with Crippen LogP contribution in [0.2, 0.25) is 0 Å². The number of fused-ring (bicyclic) bond motifs is 1. The molecule has 0 spiro atoms. The molecule has 0 atom stereocenters. The second kappa shape index (κ2) is 8.55. The third-order valence-corrected chi connectivity index (χ3v) is 4.29. The number of imidazole rings is 1. The van der Waals surface area contributed by atoms with Crippen LogP contribution >= 0.6 is 0 Å². The molecule has 0 aliphatic carbocycles. The van der Waals surface area contributed by atoms with Crippen LogP contribution in [0.1, 0.15) is 18.9 Å². The predicted molar refractivity (Wildman–Crippen MR) is 108 cm³/mol. The lowest BCUT2D eigenvalue weighted by atomic mass is 10.2. The Kier molecular flexibility index (Phi) is 5.91. The van der Waals surface area contributed by atoms with Crippen molar-refractivity contribution in [2.75, 3.05) is 6.61 Å². The average Bonchev–Trinajstić information content (AvgIpc) is 3.13. The summed E-state index contributed by atoms with van der Waals surface area (Å²) in [5.74, 6) is 0.343. The number of aryl methyl sites for hydroxylation is 1. The lowest BCUT2D eigenvalue weighted by Crippen LogP contribution is -2.38. The standard InChI is InChI=1S/C19H22N6O4/c1-4-9-29-14-7-5-13(6-8-14)10-21-22-15(26)11-25-12-20-17-16(25)18(27)24(3)19(28)23(17)2/h5-8,10,12H,4,9,11H2,1-3H3,(H,22,26). The molecular weight excluding hydrogens is 376 g/mol. The number of aromatic nitrogens is 4. The molecule has 0 aliphatic heterocycles. The number of carbonyl (C=O) groups excluding carboxylic acids is 1. The Bertz CT molecular complexity index is 1170. The first-order chi connectivity index (χ1) is 13.9. The maximum absolute atomic E-state index is 12.4. The van der Waals surface area contributed by atoms with Crippen molar-refractivity contribution in [1.29, 1.82) is 0 Å². The summed E-state index contributed by atoms with van der Waals surface area (Å²) in [6.07, 6.45) is 3.80. The van der Waals surface area contributed by atoms with E-state index in [4.69, 9.17) is 4.74 Å². The van der Waals surface area contributed by atoms with Gasteiger partial charge in [0, 0.05) is 14.1 Å². The molecule has 10 heteroatoms. The van der Waals surface area contributed by atoms with E-state index in [9.17, 15) is 14.4 Å². The summed E-state index contributed by atoms with van der Waals surface area (Å²) in [6, 6.07) is 7.31. The van der Waals surface area contributed by atoms with Gasteiger partial charge in [0.1, 0.15) is 12.3 Å². The van der Waals surface area contributed by atoms with Crippen LogP contribution in [0.25, 0.3) is 11.2 Å². The van der Waals surface area contributed by atoms with Gasteiger partial charge in [-0.15, -0.1) is 0 Å². The predicted octanol–water partition coefficient (Wildman–Crippen LogP) is 0.373. The van der Waals surface area contributed by atoms with Gasteiger partial charge >= 0.3 is 5.69 Å². The minimum Gasteiger partial charge on any atom is -0.494 e. The van der Waals surface area contributed by atoms with E-state index in [1.54, 1.807) is 0 Å². The van der Waals surface area contributed by atoms with Gasteiger partial charge in [-0.1, -0.05) is 6.92 Å². The van der Waals surface area contributed by atoms with Gasteiger partial charge in [-0.05, 0) is 36.2 Å². The van der Waals surface area contributed by atoms with Crippen molar-refractivity contribution in [2.24, 2.45) is 19.2 Å². The molecule has 0 saturated heterocycles. The molecule has 0 fully saturated rings. The van der Waals surface area contributed by atoms with Gasteiger partial charge in [0.05, 0.1) is 19.1 Å².